The molecule has 1 aromatic rings. The molecule has 0 unspecified atom stereocenters. The second-order valence-electron chi connectivity index (χ2n) is 3.36. The summed E-state index contributed by atoms with van der Waals surface area (Å²) in [6, 6.07) is 4.02. The summed E-state index contributed by atoms with van der Waals surface area (Å²) < 4.78 is 14.9. The van der Waals surface area contributed by atoms with Gasteiger partial charge >= 0.3 is 5.97 Å². The second kappa shape index (κ2) is 23.3. The summed E-state index contributed by atoms with van der Waals surface area (Å²) in [5.41, 5.74) is -0.123. The van der Waals surface area contributed by atoms with Crippen molar-refractivity contribution in [3.63, 3.8) is 0 Å². The standard InChI is InChI=1S/C13H14O6.3CH3.3Y/c1-3-12(14)19-9-5-6-11(18-8-17-4-2)10(7-9)13(15)16;;;;;;/h5-7H,1-4,8H2,(H,15,16);3*1H3;;;/q-2;3*-1;;;. The molecule has 0 aromatic heterocycles. The number of ether oxygens (including phenoxy) is 3. The van der Waals surface area contributed by atoms with Gasteiger partial charge in [0.25, 0.3) is 5.97 Å². The largest absolute Gasteiger partial charge is 0.478 e. The number of hydrogen-bond donors (Lipinski definition) is 1. The van der Waals surface area contributed by atoms with Crippen molar-refractivity contribution in [1.29, 1.82) is 0 Å². The Morgan fingerprint density at radius 1 is 1.04 bits per heavy atom. The summed E-state index contributed by atoms with van der Waals surface area (Å²) in [4.78, 5) is 22.1. The van der Waals surface area contributed by atoms with Crippen LogP contribution in [0.4, 0.5) is 0 Å². The number of aromatic carboxylic acids is 1. The molecule has 0 saturated heterocycles. The molecule has 1 aromatic carbocycles. The van der Waals surface area contributed by atoms with Crippen molar-refractivity contribution in [2.45, 2.75) is 6.42 Å². The third-order valence-electron chi connectivity index (χ3n) is 2.06. The van der Waals surface area contributed by atoms with Crippen LogP contribution < -0.4 is 9.47 Å². The first-order chi connectivity index (χ1) is 9.08. The van der Waals surface area contributed by atoms with Gasteiger partial charge in [-0.2, -0.15) is 0 Å². The van der Waals surface area contributed by atoms with Crippen LogP contribution in [-0.2, 0) is 108 Å². The number of esters is 1. The second-order valence-corrected chi connectivity index (χ2v) is 3.36. The number of carbonyl (C=O) groups is 2. The van der Waals surface area contributed by atoms with Crippen LogP contribution in [0.15, 0.2) is 18.2 Å². The molecule has 0 saturated carbocycles. The first-order valence-corrected chi connectivity index (χ1v) is 5.45. The minimum Gasteiger partial charge on any atom is -0.478 e. The monoisotopic (exact) mass is 578 g/mol. The summed E-state index contributed by atoms with van der Waals surface area (Å²) in [5.74, 6) is -1.51. The van der Waals surface area contributed by atoms with Gasteiger partial charge < -0.3 is 55.4 Å². The van der Waals surface area contributed by atoms with E-state index in [9.17, 15) is 9.59 Å². The topological polar surface area (TPSA) is 82.1 Å². The fraction of sp³-hybridized carbons (Fsp3) is 0.188. The van der Waals surface area contributed by atoms with E-state index in [1.165, 1.54) is 18.2 Å². The molecule has 0 aliphatic carbocycles. The fourth-order valence-corrected chi connectivity index (χ4v) is 1.21. The van der Waals surface area contributed by atoms with Crippen molar-refractivity contribution in [3.8, 4) is 11.5 Å². The molecule has 0 heterocycles. The SMILES string of the molecule is [CH2-]COCOc1ccc(OC(=O)C[CH2-])cc1C(=O)O.[CH3-].[CH3-].[CH3-].[Y].[Y].[Y]. The third kappa shape index (κ3) is 15.9. The van der Waals surface area contributed by atoms with Gasteiger partial charge in [-0.05, 0) is 18.2 Å². The Hall–Kier alpha value is 1.23. The molecular weight excluding hydrogens is 555 g/mol. The summed E-state index contributed by atoms with van der Waals surface area (Å²) in [5, 5.41) is 9.05. The van der Waals surface area contributed by atoms with Crippen molar-refractivity contribution in [2.24, 2.45) is 0 Å². The van der Waals surface area contributed by atoms with Gasteiger partial charge in [0.15, 0.2) is 6.79 Å². The summed E-state index contributed by atoms with van der Waals surface area (Å²) in [7, 11) is 0. The van der Waals surface area contributed by atoms with Crippen molar-refractivity contribution in [1.82, 2.24) is 0 Å². The van der Waals surface area contributed by atoms with Crippen LogP contribution in [0.3, 0.4) is 0 Å². The molecule has 0 fully saturated rings. The Bertz CT molecular complexity index is 469. The quantitative estimate of drug-likeness (QED) is 0.176. The van der Waals surface area contributed by atoms with Crippen LogP contribution in [0.25, 0.3) is 0 Å². The first-order valence-electron chi connectivity index (χ1n) is 5.45. The van der Waals surface area contributed by atoms with E-state index in [0.717, 1.165) is 0 Å². The van der Waals surface area contributed by atoms with E-state index >= 15 is 0 Å². The van der Waals surface area contributed by atoms with Crippen LogP contribution in [-0.4, -0.2) is 30.4 Å². The van der Waals surface area contributed by atoms with Gasteiger partial charge in [-0.25, -0.2) is 4.79 Å². The molecule has 0 spiro atoms. The van der Waals surface area contributed by atoms with Gasteiger partial charge in [0.05, 0.1) is 0 Å². The van der Waals surface area contributed by atoms with Crippen molar-refractivity contribution in [3.05, 3.63) is 59.9 Å². The van der Waals surface area contributed by atoms with Crippen LogP contribution in [0.1, 0.15) is 16.8 Å². The number of benzene rings is 1. The maximum Gasteiger partial charge on any atom is 0.339 e. The van der Waals surface area contributed by atoms with Crippen LogP contribution in [0.5, 0.6) is 11.5 Å². The maximum atomic E-state index is 11.1. The molecule has 6 nitrogen and oxygen atoms in total. The Morgan fingerprint density at radius 3 is 2.04 bits per heavy atom. The molecule has 25 heavy (non-hydrogen) atoms. The zero-order valence-corrected chi connectivity index (χ0v) is 23.5. The molecule has 1 rings (SSSR count). The zero-order valence-electron chi connectivity index (χ0n) is 15.0. The van der Waals surface area contributed by atoms with E-state index in [1.54, 1.807) is 0 Å². The number of rotatable bonds is 7. The molecule has 9 heteroatoms. The predicted molar refractivity (Wildman–Crippen MR) is 85.1 cm³/mol. The summed E-state index contributed by atoms with van der Waals surface area (Å²) in [6.45, 7) is 6.92. The fourth-order valence-electron chi connectivity index (χ4n) is 1.21. The van der Waals surface area contributed by atoms with Gasteiger partial charge in [0, 0.05) is 98.1 Å². The Kier molecular flexibility index (Phi) is 38.0. The first kappa shape index (κ1) is 40.8. The summed E-state index contributed by atoms with van der Waals surface area (Å²) in [6.07, 6.45) is -0.0437. The molecule has 3 radical (unpaired) electrons. The smallest absolute Gasteiger partial charge is 0.339 e. The van der Waals surface area contributed by atoms with Crippen molar-refractivity contribution >= 4 is 11.9 Å². The van der Waals surface area contributed by atoms with Gasteiger partial charge in [0.2, 0.25) is 0 Å². The average molecular weight is 578 g/mol. The number of carboxylic acid groups (broad SMARTS) is 1. The Balaban J connectivity index is -0.000000150. The van der Waals surface area contributed by atoms with E-state index in [1.807, 2.05) is 0 Å². The zero-order chi connectivity index (χ0) is 14.3. The van der Waals surface area contributed by atoms with Crippen LogP contribution in [0.2, 0.25) is 0 Å². The Morgan fingerprint density at radius 2 is 1.60 bits per heavy atom. The van der Waals surface area contributed by atoms with E-state index in [2.05, 4.69) is 13.8 Å². The van der Waals surface area contributed by atoms with Gasteiger partial charge in [-0.3, -0.25) is 4.79 Å². The van der Waals surface area contributed by atoms with Crippen molar-refractivity contribution < 1.29 is 127 Å². The van der Waals surface area contributed by atoms with Gasteiger partial charge in [-0.15, -0.1) is 0 Å². The normalized spacial score (nSPS) is 7.60. The Labute approximate surface area is 227 Å². The molecule has 0 aliphatic rings. The molecule has 0 aliphatic heterocycles. The van der Waals surface area contributed by atoms with E-state index in [0.29, 0.717) is 0 Å². The number of hydrogen-bond acceptors (Lipinski definition) is 5. The van der Waals surface area contributed by atoms with Crippen LogP contribution >= 0.6 is 0 Å². The number of carboxylic acids is 1. The molecule has 0 atom stereocenters. The average Bonchev–Trinajstić information content (AvgIpc) is 2.40. The van der Waals surface area contributed by atoms with Crippen molar-refractivity contribution in [2.75, 3.05) is 13.4 Å². The molecule has 1 N–H and O–H groups in total. The van der Waals surface area contributed by atoms with E-state index in [-0.39, 0.29) is 157 Å². The molecule has 0 bridgehead atoms. The maximum absolute atomic E-state index is 11.1. The minimum absolute atomic E-state index is 0. The molecular formula is C16H23O6Y3-5. The third-order valence-corrected chi connectivity index (χ3v) is 2.06. The molecule has 137 valence electrons. The summed E-state index contributed by atoms with van der Waals surface area (Å²) >= 11 is 0. The minimum atomic E-state index is -1.20. The van der Waals surface area contributed by atoms with E-state index in [4.69, 9.17) is 19.3 Å². The number of carbonyl (C=O) groups excluding carboxylic acids is 1. The van der Waals surface area contributed by atoms with Gasteiger partial charge in [-0.1, -0.05) is 13.0 Å². The van der Waals surface area contributed by atoms with Gasteiger partial charge in [0.1, 0.15) is 17.1 Å². The van der Waals surface area contributed by atoms with E-state index < -0.39 is 11.9 Å². The molecule has 0 amide bonds. The van der Waals surface area contributed by atoms with Crippen LogP contribution in [0, 0.1) is 36.1 Å². The predicted octanol–water partition coefficient (Wildman–Crippen LogP) is 3.04.